The third-order valence-corrected chi connectivity index (χ3v) is 6.89. The summed E-state index contributed by atoms with van der Waals surface area (Å²) in [6.45, 7) is 6.05. The van der Waals surface area contributed by atoms with Gasteiger partial charge in [-0.15, -0.1) is 10.2 Å². The van der Waals surface area contributed by atoms with Crippen LogP contribution in [0.15, 0.2) is 59.1 Å². The summed E-state index contributed by atoms with van der Waals surface area (Å²) >= 11 is 3.48. The van der Waals surface area contributed by atoms with E-state index in [0.29, 0.717) is 36.7 Å². The molecular weight excluding hydrogens is 508 g/mol. The zero-order chi connectivity index (χ0) is 24.4. The number of halogens is 1. The third kappa shape index (κ3) is 4.84. The highest BCUT2D eigenvalue weighted by molar-refractivity contribution is 9.10. The Labute approximate surface area is 212 Å². The minimum absolute atomic E-state index is 0.106. The van der Waals surface area contributed by atoms with E-state index in [1.807, 2.05) is 42.2 Å². The molecule has 1 aliphatic heterocycles. The van der Waals surface area contributed by atoms with Crippen LogP contribution in [-0.4, -0.2) is 68.8 Å². The van der Waals surface area contributed by atoms with Crippen molar-refractivity contribution in [2.45, 2.75) is 20.1 Å². The van der Waals surface area contributed by atoms with E-state index in [0.717, 1.165) is 40.9 Å². The van der Waals surface area contributed by atoms with Crippen molar-refractivity contribution in [3.05, 3.63) is 81.7 Å². The van der Waals surface area contributed by atoms with Crippen molar-refractivity contribution in [2.75, 3.05) is 33.3 Å². The van der Waals surface area contributed by atoms with E-state index >= 15 is 0 Å². The van der Waals surface area contributed by atoms with Gasteiger partial charge in [-0.05, 0) is 30.2 Å². The zero-order valence-electron chi connectivity index (χ0n) is 19.8. The predicted octanol–water partition coefficient (Wildman–Crippen LogP) is 3.97. The Balaban J connectivity index is 1.38. The number of aromatic nitrogens is 4. The Morgan fingerprint density at radius 1 is 1.00 bits per heavy atom. The molecule has 1 aliphatic rings. The van der Waals surface area contributed by atoms with E-state index in [-0.39, 0.29) is 5.91 Å². The number of rotatable bonds is 6. The molecule has 5 rings (SSSR count). The molecule has 4 aromatic rings. The number of fused-ring (bicyclic) bond motifs is 1. The fourth-order valence-electron chi connectivity index (χ4n) is 4.50. The van der Waals surface area contributed by atoms with Gasteiger partial charge in [0.1, 0.15) is 0 Å². The van der Waals surface area contributed by atoms with Crippen LogP contribution in [0.3, 0.4) is 0 Å². The van der Waals surface area contributed by atoms with Crippen LogP contribution in [0.5, 0.6) is 0 Å². The van der Waals surface area contributed by atoms with E-state index in [2.05, 4.69) is 55.3 Å². The highest BCUT2D eigenvalue weighted by Crippen LogP contribution is 2.30. The quantitative estimate of drug-likeness (QED) is 0.372. The van der Waals surface area contributed by atoms with Gasteiger partial charge < -0.3 is 9.64 Å². The van der Waals surface area contributed by atoms with Gasteiger partial charge in [-0.2, -0.15) is 5.10 Å². The molecule has 1 saturated heterocycles. The number of piperazine rings is 1. The number of hydrogen-bond donors (Lipinski definition) is 0. The molecule has 0 radical (unpaired) electrons. The molecule has 0 unspecified atom stereocenters. The van der Waals surface area contributed by atoms with E-state index < -0.39 is 0 Å². The van der Waals surface area contributed by atoms with Gasteiger partial charge in [0.2, 0.25) is 0 Å². The van der Waals surface area contributed by atoms with Gasteiger partial charge in [0, 0.05) is 44.3 Å². The van der Waals surface area contributed by atoms with Crippen molar-refractivity contribution in [1.29, 1.82) is 0 Å². The summed E-state index contributed by atoms with van der Waals surface area (Å²) in [5, 5.41) is 13.6. The normalized spacial score (nSPS) is 14.5. The number of hydrogen-bond acceptors (Lipinski definition) is 6. The molecule has 8 nitrogen and oxygen atoms in total. The molecule has 0 N–H and O–H groups in total. The molecule has 0 aliphatic carbocycles. The maximum atomic E-state index is 13.4. The average molecular weight is 535 g/mol. The summed E-state index contributed by atoms with van der Waals surface area (Å²) in [5.74, 6) is -0.106. The lowest BCUT2D eigenvalue weighted by molar-refractivity contribution is 0.0620. The molecule has 9 heteroatoms. The smallest absolute Gasteiger partial charge is 0.276 e. The molecule has 0 spiro atoms. The summed E-state index contributed by atoms with van der Waals surface area (Å²) in [4.78, 5) is 17.6. The van der Waals surface area contributed by atoms with Crippen LogP contribution >= 0.6 is 15.9 Å². The van der Waals surface area contributed by atoms with E-state index in [9.17, 15) is 4.79 Å². The first-order valence-electron chi connectivity index (χ1n) is 11.6. The number of nitrogens with zero attached hydrogens (tertiary/aromatic N) is 6. The van der Waals surface area contributed by atoms with Crippen molar-refractivity contribution in [1.82, 2.24) is 29.6 Å². The van der Waals surface area contributed by atoms with Crippen LogP contribution in [0, 0.1) is 6.92 Å². The number of carbonyl (C=O) groups excluding carboxylic acids is 1. The fourth-order valence-corrected chi connectivity index (χ4v) is 4.76. The molecule has 0 saturated carbocycles. The van der Waals surface area contributed by atoms with Gasteiger partial charge in [0.05, 0.1) is 23.6 Å². The first-order valence-corrected chi connectivity index (χ1v) is 12.4. The van der Waals surface area contributed by atoms with Crippen molar-refractivity contribution < 1.29 is 9.53 Å². The van der Waals surface area contributed by atoms with Crippen molar-refractivity contribution in [3.8, 4) is 11.1 Å². The van der Waals surface area contributed by atoms with Gasteiger partial charge in [-0.1, -0.05) is 58.4 Å². The molecule has 2 aromatic carbocycles. The molecule has 180 valence electrons. The number of aryl methyl sites for hydroxylation is 1. The van der Waals surface area contributed by atoms with Crippen LogP contribution < -0.4 is 0 Å². The standard InChI is InChI=1S/C26H27BrN6O2/c1-18-24(26(34)32-14-12-31(13-15-32)16-19-6-4-3-5-7-19)28-29-25-23(20-8-10-21(27)11-9-20)22(17-35-2)30-33(18)25/h3-11H,12-17H2,1-2H3. The van der Waals surface area contributed by atoms with E-state index in [1.54, 1.807) is 11.6 Å². The van der Waals surface area contributed by atoms with Crippen LogP contribution in [0.25, 0.3) is 16.8 Å². The largest absolute Gasteiger partial charge is 0.378 e. The Hall–Kier alpha value is -3.14. The molecule has 0 bridgehead atoms. The Morgan fingerprint density at radius 2 is 1.71 bits per heavy atom. The number of methoxy groups -OCH3 is 1. The van der Waals surface area contributed by atoms with Crippen LogP contribution in [-0.2, 0) is 17.9 Å². The van der Waals surface area contributed by atoms with Crippen molar-refractivity contribution in [3.63, 3.8) is 0 Å². The second kappa shape index (κ2) is 10.2. The lowest BCUT2D eigenvalue weighted by atomic mass is 10.1. The summed E-state index contributed by atoms with van der Waals surface area (Å²) in [5.41, 5.74) is 5.50. The third-order valence-electron chi connectivity index (χ3n) is 6.36. The summed E-state index contributed by atoms with van der Waals surface area (Å²) in [7, 11) is 1.64. The second-order valence-corrected chi connectivity index (χ2v) is 9.60. The molecule has 2 aromatic heterocycles. The maximum absolute atomic E-state index is 13.4. The zero-order valence-corrected chi connectivity index (χ0v) is 21.4. The van der Waals surface area contributed by atoms with Gasteiger partial charge in [0.25, 0.3) is 5.91 Å². The Kier molecular flexibility index (Phi) is 6.90. The Bertz CT molecular complexity index is 1330. The first-order chi connectivity index (χ1) is 17.0. The van der Waals surface area contributed by atoms with Gasteiger partial charge in [0.15, 0.2) is 11.3 Å². The monoisotopic (exact) mass is 534 g/mol. The van der Waals surface area contributed by atoms with Crippen molar-refractivity contribution >= 4 is 27.5 Å². The molecule has 35 heavy (non-hydrogen) atoms. The van der Waals surface area contributed by atoms with Crippen LogP contribution in [0.4, 0.5) is 0 Å². The van der Waals surface area contributed by atoms with Gasteiger partial charge in [-0.25, -0.2) is 4.52 Å². The average Bonchev–Trinajstić information content (AvgIpc) is 3.25. The minimum Gasteiger partial charge on any atom is -0.378 e. The summed E-state index contributed by atoms with van der Waals surface area (Å²) in [6.07, 6.45) is 0. The molecule has 1 amide bonds. The topological polar surface area (TPSA) is 75.9 Å². The van der Waals surface area contributed by atoms with E-state index in [4.69, 9.17) is 9.84 Å². The lowest BCUT2D eigenvalue weighted by Crippen LogP contribution is -2.48. The van der Waals surface area contributed by atoms with Crippen LogP contribution in [0.1, 0.15) is 27.4 Å². The minimum atomic E-state index is -0.106. The number of ether oxygens (including phenoxy) is 1. The molecule has 3 heterocycles. The maximum Gasteiger partial charge on any atom is 0.276 e. The fraction of sp³-hybridized carbons (Fsp3) is 0.308. The first kappa shape index (κ1) is 23.6. The van der Waals surface area contributed by atoms with Gasteiger partial charge in [-0.3, -0.25) is 9.69 Å². The van der Waals surface area contributed by atoms with E-state index in [1.165, 1.54) is 5.56 Å². The van der Waals surface area contributed by atoms with Crippen molar-refractivity contribution in [2.24, 2.45) is 0 Å². The molecular formula is C26H27BrN6O2. The molecule has 0 atom stereocenters. The lowest BCUT2D eigenvalue weighted by Gasteiger charge is -2.34. The number of amides is 1. The summed E-state index contributed by atoms with van der Waals surface area (Å²) in [6, 6.07) is 18.4. The number of benzene rings is 2. The molecule has 1 fully saturated rings. The second-order valence-electron chi connectivity index (χ2n) is 8.68. The van der Waals surface area contributed by atoms with Crippen LogP contribution in [0.2, 0.25) is 0 Å². The predicted molar refractivity (Wildman–Crippen MR) is 137 cm³/mol. The SMILES string of the molecule is COCc1nn2c(C)c(C(=O)N3CCN(Cc4ccccc4)CC3)nnc2c1-c1ccc(Br)cc1. The summed E-state index contributed by atoms with van der Waals surface area (Å²) < 4.78 is 8.11. The van der Waals surface area contributed by atoms with Gasteiger partial charge >= 0.3 is 0 Å². The number of carbonyl (C=O) groups is 1. The highest BCUT2D eigenvalue weighted by atomic mass is 79.9. The highest BCUT2D eigenvalue weighted by Gasteiger charge is 2.27. The Morgan fingerprint density at radius 3 is 2.40 bits per heavy atom.